The van der Waals surface area contributed by atoms with Gasteiger partial charge in [0.15, 0.2) is 0 Å². The smallest absolute Gasteiger partial charge is 0.241 e. The van der Waals surface area contributed by atoms with Crippen LogP contribution in [0, 0.1) is 11.8 Å². The van der Waals surface area contributed by atoms with Crippen molar-refractivity contribution in [2.45, 2.75) is 39.2 Å². The molecule has 7 heteroatoms. The third kappa shape index (κ3) is 7.52. The fourth-order valence-electron chi connectivity index (χ4n) is 2.54. The largest absolute Gasteiger partial charge is 0.346 e. The number of rotatable bonds is 9. The van der Waals surface area contributed by atoms with Crippen LogP contribution in [0.4, 0.5) is 0 Å². The minimum absolute atomic E-state index is 0. The summed E-state index contributed by atoms with van der Waals surface area (Å²) < 4.78 is 0. The van der Waals surface area contributed by atoms with Crippen molar-refractivity contribution >= 4 is 35.8 Å². The number of nitrogens with one attached hydrogen (secondary N) is 1. The maximum absolute atomic E-state index is 12.5. The van der Waals surface area contributed by atoms with E-state index >= 15 is 0 Å². The predicted octanol–water partition coefficient (Wildman–Crippen LogP) is 2.64. The Labute approximate surface area is 167 Å². The molecule has 0 unspecified atom stereocenters. The summed E-state index contributed by atoms with van der Waals surface area (Å²) in [5, 5.41) is 3.38. The maximum atomic E-state index is 12.5. The van der Waals surface area contributed by atoms with E-state index in [1.165, 1.54) is 12.8 Å². The molecular formula is C19H29Cl2N3O2. The standard InChI is InChI=1S/C19H28ClN3O2.ClH/c1-13(2)18(21)19(25)22-11-17(24)23(12-15-3-4-15)10-9-14-5-7-16(20)8-6-14;/h5-8,13,15,18H,3-4,9-12,21H2,1-2H3,(H,22,25);1H/t18-;/m0./s1. The van der Waals surface area contributed by atoms with Crippen LogP contribution in [0.25, 0.3) is 0 Å². The molecule has 2 rings (SSSR count). The van der Waals surface area contributed by atoms with E-state index in [0.717, 1.165) is 18.5 Å². The molecule has 0 heterocycles. The van der Waals surface area contributed by atoms with Crippen LogP contribution in [-0.2, 0) is 16.0 Å². The highest BCUT2D eigenvalue weighted by atomic mass is 35.5. The fourth-order valence-corrected chi connectivity index (χ4v) is 2.67. The van der Waals surface area contributed by atoms with E-state index in [2.05, 4.69) is 5.32 Å². The Balaban J connectivity index is 0.00000338. The lowest BCUT2D eigenvalue weighted by atomic mass is 10.1. The Hall–Kier alpha value is -1.30. The summed E-state index contributed by atoms with van der Waals surface area (Å²) in [5.74, 6) is 0.322. The molecule has 1 saturated carbocycles. The highest BCUT2D eigenvalue weighted by Gasteiger charge is 2.27. The van der Waals surface area contributed by atoms with Gasteiger partial charge < -0.3 is 16.0 Å². The van der Waals surface area contributed by atoms with Gasteiger partial charge in [0.2, 0.25) is 11.8 Å². The molecule has 0 aliphatic heterocycles. The molecule has 5 nitrogen and oxygen atoms in total. The monoisotopic (exact) mass is 401 g/mol. The van der Waals surface area contributed by atoms with Crippen molar-refractivity contribution in [3.63, 3.8) is 0 Å². The second kappa shape index (κ2) is 10.8. The second-order valence-electron chi connectivity index (χ2n) is 7.15. The molecule has 1 aromatic rings. The van der Waals surface area contributed by atoms with E-state index in [-0.39, 0.29) is 36.7 Å². The van der Waals surface area contributed by atoms with Gasteiger partial charge >= 0.3 is 0 Å². The van der Waals surface area contributed by atoms with E-state index in [0.29, 0.717) is 17.5 Å². The van der Waals surface area contributed by atoms with Crippen LogP contribution in [0.2, 0.25) is 5.02 Å². The average Bonchev–Trinajstić information content (AvgIpc) is 3.40. The van der Waals surface area contributed by atoms with Gasteiger partial charge in [-0.1, -0.05) is 37.6 Å². The Kier molecular flexibility index (Phi) is 9.41. The van der Waals surface area contributed by atoms with Crippen molar-refractivity contribution in [3.8, 4) is 0 Å². The van der Waals surface area contributed by atoms with Crippen molar-refractivity contribution in [1.82, 2.24) is 10.2 Å². The number of hydrogen-bond donors (Lipinski definition) is 2. The quantitative estimate of drug-likeness (QED) is 0.667. The number of amides is 2. The highest BCUT2D eigenvalue weighted by molar-refractivity contribution is 6.30. The Morgan fingerprint density at radius 3 is 2.42 bits per heavy atom. The van der Waals surface area contributed by atoms with Crippen LogP contribution in [0.5, 0.6) is 0 Å². The minimum Gasteiger partial charge on any atom is -0.346 e. The Morgan fingerprint density at radius 1 is 1.27 bits per heavy atom. The summed E-state index contributed by atoms with van der Waals surface area (Å²) in [6.45, 7) is 5.18. The summed E-state index contributed by atoms with van der Waals surface area (Å²) in [7, 11) is 0. The van der Waals surface area contributed by atoms with Gasteiger partial charge in [0.05, 0.1) is 12.6 Å². The lowest BCUT2D eigenvalue weighted by Crippen LogP contribution is -2.48. The van der Waals surface area contributed by atoms with E-state index in [1.54, 1.807) is 0 Å². The zero-order chi connectivity index (χ0) is 18.4. The molecule has 0 spiro atoms. The lowest BCUT2D eigenvalue weighted by molar-refractivity contribution is -0.133. The summed E-state index contributed by atoms with van der Waals surface area (Å²) in [6, 6.07) is 7.09. The molecule has 0 saturated heterocycles. The third-order valence-corrected chi connectivity index (χ3v) is 4.80. The van der Waals surface area contributed by atoms with E-state index in [1.807, 2.05) is 43.0 Å². The predicted molar refractivity (Wildman–Crippen MR) is 108 cm³/mol. The molecule has 26 heavy (non-hydrogen) atoms. The van der Waals surface area contributed by atoms with Crippen molar-refractivity contribution in [1.29, 1.82) is 0 Å². The molecule has 1 aliphatic carbocycles. The second-order valence-corrected chi connectivity index (χ2v) is 7.58. The normalized spacial score (nSPS) is 14.5. The summed E-state index contributed by atoms with van der Waals surface area (Å²) in [5.41, 5.74) is 6.95. The zero-order valence-corrected chi connectivity index (χ0v) is 17.0. The molecular weight excluding hydrogens is 373 g/mol. The first kappa shape index (κ1) is 22.7. The third-order valence-electron chi connectivity index (χ3n) is 4.55. The van der Waals surface area contributed by atoms with Gasteiger partial charge in [-0.3, -0.25) is 9.59 Å². The Morgan fingerprint density at radius 2 is 1.88 bits per heavy atom. The van der Waals surface area contributed by atoms with Crippen molar-refractivity contribution in [2.24, 2.45) is 17.6 Å². The molecule has 1 fully saturated rings. The van der Waals surface area contributed by atoms with E-state index in [9.17, 15) is 9.59 Å². The number of carbonyl (C=O) groups excluding carboxylic acids is 2. The summed E-state index contributed by atoms with van der Waals surface area (Å²) in [6.07, 6.45) is 3.12. The molecule has 1 aliphatic rings. The molecule has 1 atom stereocenters. The average molecular weight is 402 g/mol. The topological polar surface area (TPSA) is 75.4 Å². The van der Waals surface area contributed by atoms with Crippen molar-refractivity contribution < 1.29 is 9.59 Å². The van der Waals surface area contributed by atoms with Gasteiger partial charge in [0, 0.05) is 18.1 Å². The van der Waals surface area contributed by atoms with Crippen molar-refractivity contribution in [2.75, 3.05) is 19.6 Å². The first-order chi connectivity index (χ1) is 11.9. The van der Waals surface area contributed by atoms with Crippen molar-refractivity contribution in [3.05, 3.63) is 34.9 Å². The van der Waals surface area contributed by atoms with Crippen LogP contribution < -0.4 is 11.1 Å². The molecule has 0 bridgehead atoms. The molecule has 2 amide bonds. The van der Waals surface area contributed by atoms with Crippen LogP contribution in [0.15, 0.2) is 24.3 Å². The molecule has 146 valence electrons. The first-order valence-electron chi connectivity index (χ1n) is 8.92. The van der Waals surface area contributed by atoms with Gasteiger partial charge in [-0.25, -0.2) is 0 Å². The lowest BCUT2D eigenvalue weighted by Gasteiger charge is -2.24. The fraction of sp³-hybridized carbons (Fsp3) is 0.579. The maximum Gasteiger partial charge on any atom is 0.241 e. The van der Waals surface area contributed by atoms with Gasteiger partial charge in [-0.2, -0.15) is 0 Å². The van der Waals surface area contributed by atoms with Crippen LogP contribution in [0.1, 0.15) is 32.3 Å². The van der Waals surface area contributed by atoms with Gasteiger partial charge in [0.1, 0.15) is 0 Å². The number of halogens is 2. The first-order valence-corrected chi connectivity index (χ1v) is 9.30. The molecule has 1 aromatic carbocycles. The number of hydrogen-bond acceptors (Lipinski definition) is 3. The van der Waals surface area contributed by atoms with Crippen LogP contribution in [0.3, 0.4) is 0 Å². The number of nitrogens with zero attached hydrogens (tertiary/aromatic N) is 1. The number of benzene rings is 1. The van der Waals surface area contributed by atoms with E-state index in [4.69, 9.17) is 17.3 Å². The number of carbonyl (C=O) groups is 2. The number of nitrogens with two attached hydrogens (primary N) is 1. The van der Waals surface area contributed by atoms with Gasteiger partial charge in [-0.05, 0) is 48.8 Å². The van der Waals surface area contributed by atoms with E-state index < -0.39 is 6.04 Å². The van der Waals surface area contributed by atoms with Gasteiger partial charge in [0.25, 0.3) is 0 Å². The van der Waals surface area contributed by atoms with Crippen LogP contribution in [-0.4, -0.2) is 42.4 Å². The SMILES string of the molecule is CC(C)[C@H](N)C(=O)NCC(=O)N(CCc1ccc(Cl)cc1)CC1CC1.Cl. The summed E-state index contributed by atoms with van der Waals surface area (Å²) in [4.78, 5) is 26.3. The highest BCUT2D eigenvalue weighted by Crippen LogP contribution is 2.29. The van der Waals surface area contributed by atoms with Crippen LogP contribution >= 0.6 is 24.0 Å². The molecule has 0 aromatic heterocycles. The zero-order valence-electron chi connectivity index (χ0n) is 15.4. The molecule has 3 N–H and O–H groups in total. The summed E-state index contributed by atoms with van der Waals surface area (Å²) >= 11 is 5.91. The molecule has 0 radical (unpaired) electrons. The van der Waals surface area contributed by atoms with Gasteiger partial charge in [-0.15, -0.1) is 12.4 Å². The minimum atomic E-state index is -0.584. The Bertz CT molecular complexity index is 589.